The maximum Gasteiger partial charge on any atom is 0.412 e. The van der Waals surface area contributed by atoms with Gasteiger partial charge in [0.25, 0.3) is 0 Å². The van der Waals surface area contributed by atoms with Gasteiger partial charge < -0.3 is 9.47 Å². The number of hydrogen-bond donors (Lipinski definition) is 1. The van der Waals surface area contributed by atoms with Gasteiger partial charge in [-0.15, -0.1) is 0 Å². The lowest BCUT2D eigenvalue weighted by atomic mass is 10.1. The van der Waals surface area contributed by atoms with Crippen molar-refractivity contribution in [2.45, 2.75) is 26.4 Å². The molecule has 114 valence electrons. The standard InChI is InChI=1S/C15H18ClNO4/c1-15(2,3)21-14(19)17-12-9-11(16)7-5-10(12)6-8-13(18)20-4/h5-9H,1-4H3,(H,17,19). The molecule has 0 aliphatic rings. The van der Waals surface area contributed by atoms with Crippen molar-refractivity contribution in [2.75, 3.05) is 12.4 Å². The van der Waals surface area contributed by atoms with Crippen LogP contribution in [-0.2, 0) is 14.3 Å². The van der Waals surface area contributed by atoms with Crippen LogP contribution < -0.4 is 5.32 Å². The van der Waals surface area contributed by atoms with E-state index in [1.165, 1.54) is 19.3 Å². The van der Waals surface area contributed by atoms with Crippen LogP contribution in [0.15, 0.2) is 24.3 Å². The van der Waals surface area contributed by atoms with Gasteiger partial charge in [-0.25, -0.2) is 9.59 Å². The molecular formula is C15H18ClNO4. The summed E-state index contributed by atoms with van der Waals surface area (Å²) in [6, 6.07) is 4.90. The molecule has 5 nitrogen and oxygen atoms in total. The van der Waals surface area contributed by atoms with Gasteiger partial charge in [-0.2, -0.15) is 0 Å². The van der Waals surface area contributed by atoms with Crippen molar-refractivity contribution >= 4 is 35.4 Å². The zero-order valence-electron chi connectivity index (χ0n) is 12.4. The number of esters is 1. The topological polar surface area (TPSA) is 64.6 Å². The minimum absolute atomic E-state index is 0.442. The third-order valence-electron chi connectivity index (χ3n) is 2.25. The quantitative estimate of drug-likeness (QED) is 0.679. The lowest BCUT2D eigenvalue weighted by molar-refractivity contribution is -0.134. The Morgan fingerprint density at radius 3 is 2.52 bits per heavy atom. The van der Waals surface area contributed by atoms with Crippen LogP contribution in [0, 0.1) is 0 Å². The molecule has 1 N–H and O–H groups in total. The number of anilines is 1. The van der Waals surface area contributed by atoms with Crippen molar-refractivity contribution < 1.29 is 19.1 Å². The van der Waals surface area contributed by atoms with Crippen molar-refractivity contribution in [3.63, 3.8) is 0 Å². The van der Waals surface area contributed by atoms with E-state index >= 15 is 0 Å². The first-order valence-corrected chi connectivity index (χ1v) is 6.64. The van der Waals surface area contributed by atoms with Crippen LogP contribution in [0.5, 0.6) is 0 Å². The van der Waals surface area contributed by atoms with E-state index in [0.29, 0.717) is 16.3 Å². The third kappa shape index (κ3) is 6.31. The van der Waals surface area contributed by atoms with E-state index in [0.717, 1.165) is 0 Å². The number of ether oxygens (including phenoxy) is 2. The summed E-state index contributed by atoms with van der Waals surface area (Å²) in [6.45, 7) is 5.30. The van der Waals surface area contributed by atoms with Gasteiger partial charge in [0.15, 0.2) is 0 Å². The lowest BCUT2D eigenvalue weighted by Crippen LogP contribution is -2.27. The van der Waals surface area contributed by atoms with Gasteiger partial charge in [0.1, 0.15) is 5.60 Å². The van der Waals surface area contributed by atoms with Crippen LogP contribution in [0.3, 0.4) is 0 Å². The molecule has 1 aromatic carbocycles. The number of halogens is 1. The summed E-state index contributed by atoms with van der Waals surface area (Å²) in [5.74, 6) is -0.492. The molecule has 0 saturated heterocycles. The number of carbonyl (C=O) groups excluding carboxylic acids is 2. The molecule has 0 aliphatic carbocycles. The zero-order chi connectivity index (χ0) is 16.0. The molecule has 0 heterocycles. The summed E-state index contributed by atoms with van der Waals surface area (Å²) < 4.78 is 9.69. The van der Waals surface area contributed by atoms with E-state index in [4.69, 9.17) is 16.3 Å². The van der Waals surface area contributed by atoms with Crippen LogP contribution in [-0.4, -0.2) is 24.8 Å². The summed E-state index contributed by atoms with van der Waals surface area (Å²) in [5, 5.41) is 3.06. The van der Waals surface area contributed by atoms with Gasteiger partial charge in [0, 0.05) is 11.1 Å². The predicted molar refractivity (Wildman–Crippen MR) is 82.4 cm³/mol. The normalized spacial score (nSPS) is 11.3. The molecule has 0 atom stereocenters. The Balaban J connectivity index is 2.94. The summed E-state index contributed by atoms with van der Waals surface area (Å²) in [5.41, 5.74) is 0.442. The first kappa shape index (κ1) is 17.0. The second-order valence-corrected chi connectivity index (χ2v) is 5.65. The minimum atomic E-state index is -0.606. The fraction of sp³-hybridized carbons (Fsp3) is 0.333. The van der Waals surface area contributed by atoms with Crippen LogP contribution >= 0.6 is 11.6 Å². The predicted octanol–water partition coefficient (Wildman–Crippen LogP) is 3.87. The molecular weight excluding hydrogens is 294 g/mol. The van der Waals surface area contributed by atoms with Crippen molar-refractivity contribution in [2.24, 2.45) is 0 Å². The first-order chi connectivity index (χ1) is 9.71. The van der Waals surface area contributed by atoms with Crippen LogP contribution in [0.1, 0.15) is 26.3 Å². The Bertz CT molecular complexity index is 561. The molecule has 1 rings (SSSR count). The number of hydrogen-bond acceptors (Lipinski definition) is 4. The highest BCUT2D eigenvalue weighted by Crippen LogP contribution is 2.23. The molecule has 0 aromatic heterocycles. The van der Waals surface area contributed by atoms with Crippen LogP contribution in [0.2, 0.25) is 5.02 Å². The highest BCUT2D eigenvalue weighted by molar-refractivity contribution is 6.31. The summed E-state index contributed by atoms with van der Waals surface area (Å²) in [4.78, 5) is 22.9. The Morgan fingerprint density at radius 1 is 1.29 bits per heavy atom. The van der Waals surface area contributed by atoms with E-state index in [9.17, 15) is 9.59 Å². The average Bonchev–Trinajstić information content (AvgIpc) is 2.35. The van der Waals surface area contributed by atoms with Gasteiger partial charge in [-0.05, 0) is 44.5 Å². The third-order valence-corrected chi connectivity index (χ3v) is 2.49. The van der Waals surface area contributed by atoms with Crippen molar-refractivity contribution in [3.8, 4) is 0 Å². The van der Waals surface area contributed by atoms with E-state index < -0.39 is 17.7 Å². The molecule has 0 bridgehead atoms. The number of rotatable bonds is 3. The lowest BCUT2D eigenvalue weighted by Gasteiger charge is -2.20. The SMILES string of the molecule is COC(=O)C=Cc1ccc(Cl)cc1NC(=O)OC(C)(C)C. The maximum absolute atomic E-state index is 11.8. The number of carbonyl (C=O) groups is 2. The fourth-order valence-corrected chi connectivity index (χ4v) is 1.59. The van der Waals surface area contributed by atoms with E-state index in [1.807, 2.05) is 0 Å². The number of nitrogens with one attached hydrogen (secondary N) is 1. The van der Waals surface area contributed by atoms with Gasteiger partial charge in [-0.3, -0.25) is 5.32 Å². The summed E-state index contributed by atoms with van der Waals surface area (Å²) in [7, 11) is 1.29. The van der Waals surface area contributed by atoms with Gasteiger partial charge in [0.2, 0.25) is 0 Å². The second-order valence-electron chi connectivity index (χ2n) is 5.21. The Labute approximate surface area is 128 Å². The number of methoxy groups -OCH3 is 1. The summed E-state index contributed by atoms with van der Waals surface area (Å²) >= 11 is 5.92. The zero-order valence-corrected chi connectivity index (χ0v) is 13.2. The molecule has 0 radical (unpaired) electrons. The molecule has 0 saturated carbocycles. The number of benzene rings is 1. The molecule has 6 heteroatoms. The largest absolute Gasteiger partial charge is 0.466 e. The molecule has 0 fully saturated rings. The maximum atomic E-state index is 11.8. The smallest absolute Gasteiger partial charge is 0.412 e. The van der Waals surface area contributed by atoms with Crippen molar-refractivity contribution in [3.05, 3.63) is 34.9 Å². The van der Waals surface area contributed by atoms with Crippen LogP contribution in [0.4, 0.5) is 10.5 Å². The molecule has 0 spiro atoms. The van der Waals surface area contributed by atoms with E-state index in [2.05, 4.69) is 10.1 Å². The second kappa shape index (κ2) is 7.13. The highest BCUT2D eigenvalue weighted by Gasteiger charge is 2.17. The first-order valence-electron chi connectivity index (χ1n) is 6.27. The van der Waals surface area contributed by atoms with Crippen molar-refractivity contribution in [1.82, 2.24) is 0 Å². The molecule has 0 unspecified atom stereocenters. The van der Waals surface area contributed by atoms with Gasteiger partial charge in [-0.1, -0.05) is 17.7 Å². The van der Waals surface area contributed by atoms with Crippen LogP contribution in [0.25, 0.3) is 6.08 Å². The Morgan fingerprint density at radius 2 is 1.95 bits per heavy atom. The minimum Gasteiger partial charge on any atom is -0.466 e. The molecule has 0 aliphatic heterocycles. The number of amides is 1. The summed E-state index contributed by atoms with van der Waals surface area (Å²) in [6.07, 6.45) is 2.18. The Hall–Kier alpha value is -2.01. The highest BCUT2D eigenvalue weighted by atomic mass is 35.5. The van der Waals surface area contributed by atoms with Gasteiger partial charge in [0.05, 0.1) is 12.8 Å². The molecule has 1 amide bonds. The van der Waals surface area contributed by atoms with Crippen molar-refractivity contribution in [1.29, 1.82) is 0 Å². The Kier molecular flexibility index (Phi) is 5.79. The van der Waals surface area contributed by atoms with Gasteiger partial charge >= 0.3 is 12.1 Å². The molecule has 21 heavy (non-hydrogen) atoms. The average molecular weight is 312 g/mol. The fourth-order valence-electron chi connectivity index (χ4n) is 1.42. The van der Waals surface area contributed by atoms with E-state index in [-0.39, 0.29) is 0 Å². The molecule has 1 aromatic rings. The van der Waals surface area contributed by atoms with E-state index in [1.54, 1.807) is 39.0 Å². The monoisotopic (exact) mass is 311 g/mol.